The van der Waals surface area contributed by atoms with Gasteiger partial charge in [-0.1, -0.05) is 18.2 Å². The Morgan fingerprint density at radius 1 is 1.58 bits per heavy atom. The molecule has 0 atom stereocenters. The van der Waals surface area contributed by atoms with Crippen molar-refractivity contribution in [1.82, 2.24) is 0 Å². The van der Waals surface area contributed by atoms with Gasteiger partial charge in [0.2, 0.25) is 0 Å². The molecule has 0 saturated carbocycles. The fraction of sp³-hybridized carbons (Fsp3) is 0.125. The topological polar surface area (TPSA) is 46.5 Å². The Kier molecular flexibility index (Phi) is 1.71. The van der Waals surface area contributed by atoms with Gasteiger partial charge in [-0.3, -0.25) is 4.79 Å². The van der Waals surface area contributed by atoms with Crippen molar-refractivity contribution in [2.45, 2.75) is 6.61 Å². The lowest BCUT2D eigenvalue weighted by Crippen LogP contribution is -2.28. The molecular weight excluding hydrogens is 155 g/mol. The van der Waals surface area contributed by atoms with Crippen molar-refractivity contribution in [3.05, 3.63) is 29.3 Å². The van der Waals surface area contributed by atoms with E-state index in [4.69, 9.17) is 4.65 Å². The minimum atomic E-state index is -0.861. The van der Waals surface area contributed by atoms with Gasteiger partial charge in [-0.15, -0.1) is 0 Å². The first-order valence-electron chi connectivity index (χ1n) is 3.69. The van der Waals surface area contributed by atoms with Gasteiger partial charge in [0.05, 0.1) is 6.61 Å². The largest absolute Gasteiger partial charge is 0.491 e. The third kappa shape index (κ3) is 0.966. The molecule has 2 rings (SSSR count). The molecule has 1 aliphatic heterocycles. The van der Waals surface area contributed by atoms with Gasteiger partial charge in [0.15, 0.2) is 0 Å². The highest BCUT2D eigenvalue weighted by atomic mass is 16.5. The van der Waals surface area contributed by atoms with E-state index in [1.54, 1.807) is 18.2 Å². The Balaban J connectivity index is 2.57. The van der Waals surface area contributed by atoms with Crippen LogP contribution < -0.4 is 5.46 Å². The molecule has 4 heteroatoms. The highest BCUT2D eigenvalue weighted by Crippen LogP contribution is 2.12. The van der Waals surface area contributed by atoms with E-state index >= 15 is 0 Å². The number of hydrogen-bond donors (Lipinski definition) is 1. The molecule has 60 valence electrons. The molecule has 1 aliphatic rings. The Bertz CT molecular complexity index is 324. The quantitative estimate of drug-likeness (QED) is 0.456. The number of carbonyl (C=O) groups is 1. The van der Waals surface area contributed by atoms with Gasteiger partial charge >= 0.3 is 7.12 Å². The van der Waals surface area contributed by atoms with Crippen LogP contribution in [0.5, 0.6) is 0 Å². The van der Waals surface area contributed by atoms with Crippen molar-refractivity contribution in [3.63, 3.8) is 0 Å². The smallest absolute Gasteiger partial charge is 0.423 e. The first-order chi connectivity index (χ1) is 5.83. The van der Waals surface area contributed by atoms with Crippen molar-refractivity contribution < 1.29 is 14.5 Å². The molecule has 0 spiro atoms. The summed E-state index contributed by atoms with van der Waals surface area (Å²) in [5, 5.41) is 9.26. The van der Waals surface area contributed by atoms with Crippen LogP contribution in [0.1, 0.15) is 15.9 Å². The normalized spacial score (nSPS) is 14.6. The van der Waals surface area contributed by atoms with E-state index in [9.17, 15) is 9.82 Å². The Labute approximate surface area is 70.1 Å². The third-order valence-electron chi connectivity index (χ3n) is 2.03. The Morgan fingerprint density at radius 2 is 2.42 bits per heavy atom. The molecule has 0 bridgehead atoms. The number of aldehydes is 1. The summed E-state index contributed by atoms with van der Waals surface area (Å²) in [6.45, 7) is 0.325. The average molecular weight is 162 g/mol. The molecule has 1 heterocycles. The van der Waals surface area contributed by atoms with Crippen LogP contribution in [0.4, 0.5) is 0 Å². The van der Waals surface area contributed by atoms with Crippen molar-refractivity contribution in [3.8, 4) is 0 Å². The summed E-state index contributed by atoms with van der Waals surface area (Å²) in [6.07, 6.45) is 0.778. The molecule has 0 radical (unpaired) electrons. The zero-order chi connectivity index (χ0) is 8.55. The van der Waals surface area contributed by atoms with E-state index in [-0.39, 0.29) is 0 Å². The fourth-order valence-corrected chi connectivity index (χ4v) is 1.38. The van der Waals surface area contributed by atoms with Gasteiger partial charge < -0.3 is 9.68 Å². The summed E-state index contributed by atoms with van der Waals surface area (Å²) in [6, 6.07) is 5.22. The molecule has 0 unspecified atom stereocenters. The highest BCUT2D eigenvalue weighted by Gasteiger charge is 2.28. The van der Waals surface area contributed by atoms with Crippen molar-refractivity contribution in [2.75, 3.05) is 0 Å². The van der Waals surface area contributed by atoms with Crippen LogP contribution in [-0.4, -0.2) is 18.4 Å². The third-order valence-corrected chi connectivity index (χ3v) is 2.03. The molecule has 3 nitrogen and oxygen atoms in total. The molecule has 1 N–H and O–H groups in total. The fourth-order valence-electron chi connectivity index (χ4n) is 1.38. The van der Waals surface area contributed by atoms with E-state index in [2.05, 4.69) is 0 Å². The van der Waals surface area contributed by atoms with Gasteiger partial charge in [-0.05, 0) is 11.0 Å². The highest BCUT2D eigenvalue weighted by molar-refractivity contribution is 6.61. The van der Waals surface area contributed by atoms with Gasteiger partial charge in [-0.25, -0.2) is 0 Å². The molecular formula is C8H7BO3. The molecule has 0 saturated heterocycles. The molecule has 0 aromatic heterocycles. The lowest BCUT2D eigenvalue weighted by Gasteiger charge is -1.98. The van der Waals surface area contributed by atoms with Crippen LogP contribution >= 0.6 is 0 Å². The van der Waals surface area contributed by atoms with E-state index in [1.165, 1.54) is 0 Å². The van der Waals surface area contributed by atoms with E-state index in [1.807, 2.05) is 0 Å². The van der Waals surface area contributed by atoms with Crippen LogP contribution in [0.2, 0.25) is 0 Å². The average Bonchev–Trinajstić information content (AvgIpc) is 2.48. The monoisotopic (exact) mass is 162 g/mol. The van der Waals surface area contributed by atoms with Crippen molar-refractivity contribution >= 4 is 18.9 Å². The van der Waals surface area contributed by atoms with Crippen LogP contribution in [0.25, 0.3) is 0 Å². The molecule has 1 aromatic carbocycles. The maximum Gasteiger partial charge on any atom is 0.491 e. The lowest BCUT2D eigenvalue weighted by atomic mass is 9.78. The predicted octanol–water partition coefficient (Wildman–Crippen LogP) is -0.283. The zero-order valence-electron chi connectivity index (χ0n) is 6.36. The second kappa shape index (κ2) is 2.73. The van der Waals surface area contributed by atoms with Gasteiger partial charge in [0, 0.05) is 5.56 Å². The van der Waals surface area contributed by atoms with Crippen molar-refractivity contribution in [2.24, 2.45) is 0 Å². The minimum absolute atomic E-state index is 0.325. The minimum Gasteiger partial charge on any atom is -0.423 e. The van der Waals surface area contributed by atoms with Crippen LogP contribution in [0.3, 0.4) is 0 Å². The second-order valence-corrected chi connectivity index (χ2v) is 2.70. The maximum absolute atomic E-state index is 10.5. The first-order valence-corrected chi connectivity index (χ1v) is 3.69. The molecule has 0 amide bonds. The molecule has 12 heavy (non-hydrogen) atoms. The summed E-state index contributed by atoms with van der Waals surface area (Å²) in [5.74, 6) is 0. The van der Waals surface area contributed by atoms with Crippen LogP contribution in [0.15, 0.2) is 18.2 Å². The maximum atomic E-state index is 10.5. The number of fused-ring (bicyclic) bond motifs is 1. The summed E-state index contributed by atoms with van der Waals surface area (Å²) in [5.41, 5.74) is 2.11. The van der Waals surface area contributed by atoms with Crippen molar-refractivity contribution in [1.29, 1.82) is 0 Å². The summed E-state index contributed by atoms with van der Waals surface area (Å²) < 4.78 is 4.96. The van der Waals surface area contributed by atoms with Gasteiger partial charge in [0.1, 0.15) is 6.29 Å². The van der Waals surface area contributed by atoms with Crippen LogP contribution in [0, 0.1) is 0 Å². The SMILES string of the molecule is O=Cc1cccc2c1COB2O. The Morgan fingerprint density at radius 3 is 3.17 bits per heavy atom. The Hall–Kier alpha value is -1.13. The van der Waals surface area contributed by atoms with Crippen LogP contribution in [-0.2, 0) is 11.3 Å². The zero-order valence-corrected chi connectivity index (χ0v) is 6.36. The summed E-state index contributed by atoms with van der Waals surface area (Å²) in [7, 11) is -0.861. The number of rotatable bonds is 1. The van der Waals surface area contributed by atoms with E-state index in [0.29, 0.717) is 17.6 Å². The predicted molar refractivity (Wildman–Crippen MR) is 44.2 cm³/mol. The summed E-state index contributed by atoms with van der Waals surface area (Å²) in [4.78, 5) is 10.5. The van der Waals surface area contributed by atoms with E-state index < -0.39 is 7.12 Å². The number of carbonyl (C=O) groups excluding carboxylic acids is 1. The van der Waals surface area contributed by atoms with Gasteiger partial charge in [-0.2, -0.15) is 0 Å². The molecule has 1 aromatic rings. The standard InChI is InChI=1S/C8H7BO3/c10-4-6-2-1-3-8-7(6)5-12-9(8)11/h1-4,11H,5H2. The second-order valence-electron chi connectivity index (χ2n) is 2.70. The first kappa shape index (κ1) is 7.52. The van der Waals surface area contributed by atoms with E-state index in [0.717, 1.165) is 11.8 Å². The molecule has 0 fully saturated rings. The number of benzene rings is 1. The summed E-state index contributed by atoms with van der Waals surface area (Å²) >= 11 is 0. The molecule has 0 aliphatic carbocycles. The van der Waals surface area contributed by atoms with Gasteiger partial charge in [0.25, 0.3) is 0 Å². The lowest BCUT2D eigenvalue weighted by molar-refractivity contribution is 0.112. The number of hydrogen-bond acceptors (Lipinski definition) is 3.